The van der Waals surface area contributed by atoms with E-state index in [0.29, 0.717) is 12.0 Å². The van der Waals surface area contributed by atoms with E-state index in [1.807, 2.05) is 0 Å². The van der Waals surface area contributed by atoms with Crippen LogP contribution in [0.15, 0.2) is 24.3 Å². The fourth-order valence-electron chi connectivity index (χ4n) is 2.02. The molecule has 0 bridgehead atoms. The molecule has 0 aliphatic heterocycles. The summed E-state index contributed by atoms with van der Waals surface area (Å²) in [6.45, 7) is 6.63. The minimum absolute atomic E-state index is 0.421. The second-order valence-electron chi connectivity index (χ2n) is 4.62. The number of hydrazine groups is 1. The Morgan fingerprint density at radius 2 is 2.00 bits per heavy atom. The minimum atomic E-state index is 0.421. The van der Waals surface area contributed by atoms with E-state index in [4.69, 9.17) is 5.84 Å². The molecule has 0 heterocycles. The van der Waals surface area contributed by atoms with Crippen molar-refractivity contribution in [2.45, 2.75) is 46.1 Å². The summed E-state index contributed by atoms with van der Waals surface area (Å²) in [4.78, 5) is 0. The molecule has 1 rings (SSSR count). The van der Waals surface area contributed by atoms with Gasteiger partial charge >= 0.3 is 0 Å². The van der Waals surface area contributed by atoms with Crippen molar-refractivity contribution in [3.63, 3.8) is 0 Å². The summed E-state index contributed by atoms with van der Waals surface area (Å²) < 4.78 is 0. The van der Waals surface area contributed by atoms with Crippen molar-refractivity contribution in [1.82, 2.24) is 5.43 Å². The second kappa shape index (κ2) is 6.66. The van der Waals surface area contributed by atoms with Crippen LogP contribution in [0.25, 0.3) is 0 Å². The summed E-state index contributed by atoms with van der Waals surface area (Å²) in [5.74, 6) is 6.23. The first kappa shape index (κ1) is 13.2. The number of hydrogen-bond acceptors (Lipinski definition) is 2. The predicted molar refractivity (Wildman–Crippen MR) is 70.1 cm³/mol. The van der Waals surface area contributed by atoms with Crippen LogP contribution in [0.5, 0.6) is 0 Å². The fraction of sp³-hybridized carbons (Fsp3) is 0.571. The molecular formula is C14H24N2. The van der Waals surface area contributed by atoms with Gasteiger partial charge < -0.3 is 0 Å². The standard InChI is InChI=1S/C14H24N2/c1-4-11(2)14(16-15)10-9-13-8-6-5-7-12(13)3/h5-8,11,14,16H,4,9-10,15H2,1-3H3. The van der Waals surface area contributed by atoms with Crippen molar-refractivity contribution in [1.29, 1.82) is 0 Å². The SMILES string of the molecule is CCC(C)C(CCc1ccccc1C)NN. The van der Waals surface area contributed by atoms with E-state index >= 15 is 0 Å². The number of rotatable bonds is 6. The van der Waals surface area contributed by atoms with Crippen molar-refractivity contribution in [2.75, 3.05) is 0 Å². The molecule has 0 spiro atoms. The predicted octanol–water partition coefficient (Wildman–Crippen LogP) is 2.81. The van der Waals surface area contributed by atoms with Crippen molar-refractivity contribution in [3.8, 4) is 0 Å². The first-order valence-corrected chi connectivity index (χ1v) is 6.19. The van der Waals surface area contributed by atoms with Gasteiger partial charge in [-0.25, -0.2) is 0 Å². The first-order chi connectivity index (χ1) is 7.69. The summed E-state index contributed by atoms with van der Waals surface area (Å²) >= 11 is 0. The first-order valence-electron chi connectivity index (χ1n) is 6.19. The van der Waals surface area contributed by atoms with Crippen molar-refractivity contribution < 1.29 is 0 Å². The molecule has 0 aliphatic rings. The molecule has 3 N–H and O–H groups in total. The normalized spacial score (nSPS) is 14.8. The average molecular weight is 220 g/mol. The highest BCUT2D eigenvalue weighted by atomic mass is 15.2. The van der Waals surface area contributed by atoms with Crippen LogP contribution >= 0.6 is 0 Å². The maximum Gasteiger partial charge on any atom is 0.0239 e. The van der Waals surface area contributed by atoms with Gasteiger partial charge in [0.1, 0.15) is 0 Å². The Kier molecular flexibility index (Phi) is 5.50. The summed E-state index contributed by atoms with van der Waals surface area (Å²) in [5.41, 5.74) is 5.76. The maximum absolute atomic E-state index is 5.60. The quantitative estimate of drug-likeness (QED) is 0.571. The average Bonchev–Trinajstić information content (AvgIpc) is 2.31. The highest BCUT2D eigenvalue weighted by Gasteiger charge is 2.13. The maximum atomic E-state index is 5.60. The summed E-state index contributed by atoms with van der Waals surface area (Å²) in [6, 6.07) is 9.00. The van der Waals surface area contributed by atoms with Crippen LogP contribution in [0.3, 0.4) is 0 Å². The van der Waals surface area contributed by atoms with Crippen molar-refractivity contribution in [3.05, 3.63) is 35.4 Å². The molecule has 0 fully saturated rings. The molecule has 0 amide bonds. The molecule has 16 heavy (non-hydrogen) atoms. The van der Waals surface area contributed by atoms with Crippen molar-refractivity contribution >= 4 is 0 Å². The smallest absolute Gasteiger partial charge is 0.0239 e. The van der Waals surface area contributed by atoms with Gasteiger partial charge in [-0.15, -0.1) is 0 Å². The van der Waals surface area contributed by atoms with Crippen LogP contribution in [0.1, 0.15) is 37.8 Å². The monoisotopic (exact) mass is 220 g/mol. The Labute approximate surface area is 99.2 Å². The zero-order valence-electron chi connectivity index (χ0n) is 10.7. The summed E-state index contributed by atoms with van der Waals surface area (Å²) in [5, 5.41) is 0. The lowest BCUT2D eigenvalue weighted by molar-refractivity contribution is 0.353. The van der Waals surface area contributed by atoms with E-state index in [0.717, 1.165) is 12.8 Å². The number of benzene rings is 1. The molecule has 0 aliphatic carbocycles. The molecule has 90 valence electrons. The van der Waals surface area contributed by atoms with Crippen LogP contribution in [-0.4, -0.2) is 6.04 Å². The zero-order valence-corrected chi connectivity index (χ0v) is 10.7. The van der Waals surface area contributed by atoms with Crippen LogP contribution in [0.2, 0.25) is 0 Å². The van der Waals surface area contributed by atoms with E-state index in [1.54, 1.807) is 0 Å². The molecule has 0 saturated heterocycles. The zero-order chi connectivity index (χ0) is 12.0. The van der Waals surface area contributed by atoms with Gasteiger partial charge in [-0.1, -0.05) is 44.5 Å². The van der Waals surface area contributed by atoms with E-state index in [1.165, 1.54) is 17.5 Å². The van der Waals surface area contributed by atoms with Gasteiger partial charge in [0.15, 0.2) is 0 Å². The number of hydrogen-bond donors (Lipinski definition) is 2. The lowest BCUT2D eigenvalue weighted by Gasteiger charge is -2.22. The lowest BCUT2D eigenvalue weighted by atomic mass is 9.93. The van der Waals surface area contributed by atoms with E-state index < -0.39 is 0 Å². The summed E-state index contributed by atoms with van der Waals surface area (Å²) in [6.07, 6.45) is 3.38. The number of nitrogens with one attached hydrogen (secondary N) is 1. The molecule has 2 atom stereocenters. The third kappa shape index (κ3) is 3.62. The minimum Gasteiger partial charge on any atom is -0.271 e. The van der Waals surface area contributed by atoms with Gasteiger partial charge in [-0.3, -0.25) is 11.3 Å². The van der Waals surface area contributed by atoms with E-state index in [2.05, 4.69) is 50.5 Å². The topological polar surface area (TPSA) is 38.0 Å². The molecular weight excluding hydrogens is 196 g/mol. The Balaban J connectivity index is 2.53. The van der Waals surface area contributed by atoms with Gasteiger partial charge in [-0.2, -0.15) is 0 Å². The largest absolute Gasteiger partial charge is 0.271 e. The molecule has 2 nitrogen and oxygen atoms in total. The van der Waals surface area contributed by atoms with Gasteiger partial charge in [0.2, 0.25) is 0 Å². The van der Waals surface area contributed by atoms with Gasteiger partial charge in [-0.05, 0) is 36.8 Å². The van der Waals surface area contributed by atoms with Gasteiger partial charge in [0, 0.05) is 6.04 Å². The second-order valence-corrected chi connectivity index (χ2v) is 4.62. The van der Waals surface area contributed by atoms with Crippen molar-refractivity contribution in [2.24, 2.45) is 11.8 Å². The van der Waals surface area contributed by atoms with Crippen LogP contribution in [0, 0.1) is 12.8 Å². The molecule has 0 saturated carbocycles. The third-order valence-corrected chi connectivity index (χ3v) is 3.53. The van der Waals surface area contributed by atoms with Gasteiger partial charge in [0.25, 0.3) is 0 Å². The Morgan fingerprint density at radius 3 is 2.56 bits per heavy atom. The number of nitrogens with two attached hydrogens (primary N) is 1. The Bertz CT molecular complexity index is 309. The third-order valence-electron chi connectivity index (χ3n) is 3.53. The van der Waals surface area contributed by atoms with E-state index in [-0.39, 0.29) is 0 Å². The molecule has 2 heteroatoms. The van der Waals surface area contributed by atoms with Crippen LogP contribution < -0.4 is 11.3 Å². The Morgan fingerprint density at radius 1 is 1.31 bits per heavy atom. The van der Waals surface area contributed by atoms with E-state index in [9.17, 15) is 0 Å². The number of aryl methyl sites for hydroxylation is 2. The Hall–Kier alpha value is -0.860. The molecule has 2 unspecified atom stereocenters. The molecule has 1 aromatic carbocycles. The molecule has 0 radical (unpaired) electrons. The highest BCUT2D eigenvalue weighted by Crippen LogP contribution is 2.15. The summed E-state index contributed by atoms with van der Waals surface area (Å²) in [7, 11) is 0. The lowest BCUT2D eigenvalue weighted by Crippen LogP contribution is -2.40. The van der Waals surface area contributed by atoms with Gasteiger partial charge in [0.05, 0.1) is 0 Å². The fourth-order valence-corrected chi connectivity index (χ4v) is 2.02. The molecule has 1 aromatic rings. The highest BCUT2D eigenvalue weighted by molar-refractivity contribution is 5.25. The van der Waals surface area contributed by atoms with Crippen LogP contribution in [0.4, 0.5) is 0 Å². The molecule has 0 aromatic heterocycles. The van der Waals surface area contributed by atoms with Crippen LogP contribution in [-0.2, 0) is 6.42 Å².